The number of aromatic nitrogens is 1. The molecule has 0 saturated heterocycles. The van der Waals surface area contributed by atoms with Crippen molar-refractivity contribution in [2.24, 2.45) is 0 Å². The highest BCUT2D eigenvalue weighted by Crippen LogP contribution is 2.16. The molecule has 2 N–H and O–H groups in total. The maximum atomic E-state index is 12.1. The average molecular weight is 291 g/mol. The molecule has 108 valence electrons. The van der Waals surface area contributed by atoms with Crippen molar-refractivity contribution in [3.8, 4) is 5.88 Å². The van der Waals surface area contributed by atoms with Gasteiger partial charge in [-0.2, -0.15) is 8.42 Å². The van der Waals surface area contributed by atoms with Gasteiger partial charge in [-0.1, -0.05) is 6.92 Å². The van der Waals surface area contributed by atoms with Crippen LogP contribution in [-0.4, -0.2) is 36.4 Å². The van der Waals surface area contributed by atoms with Gasteiger partial charge in [0.25, 0.3) is 15.7 Å². The van der Waals surface area contributed by atoms with Gasteiger partial charge in [0, 0.05) is 18.7 Å². The van der Waals surface area contributed by atoms with Crippen LogP contribution in [0.25, 0.3) is 0 Å². The summed E-state index contributed by atoms with van der Waals surface area (Å²) in [6.07, 6.45) is 0.374. The lowest BCUT2D eigenvalue weighted by Crippen LogP contribution is -2.28. The maximum Gasteiger partial charge on any atom is 0.269 e. The molecule has 0 aliphatic carbocycles. The van der Waals surface area contributed by atoms with Crippen LogP contribution in [0.5, 0.6) is 5.88 Å². The molecule has 0 saturated carbocycles. The fourth-order valence-corrected chi connectivity index (χ4v) is 2.45. The molecule has 0 fully saturated rings. The van der Waals surface area contributed by atoms with Gasteiger partial charge in [0.05, 0.1) is 13.2 Å². The van der Waals surface area contributed by atoms with Crippen molar-refractivity contribution in [2.75, 3.05) is 13.7 Å². The van der Waals surface area contributed by atoms with Gasteiger partial charge in [0.2, 0.25) is 0 Å². The van der Waals surface area contributed by atoms with Crippen molar-refractivity contribution in [3.63, 3.8) is 0 Å². The van der Waals surface area contributed by atoms with Crippen molar-refractivity contribution >= 4 is 10.1 Å². The van der Waals surface area contributed by atoms with E-state index in [1.165, 1.54) is 13.2 Å². The number of ether oxygens (including phenoxy) is 1. The van der Waals surface area contributed by atoms with Crippen LogP contribution in [-0.2, 0) is 33.6 Å². The van der Waals surface area contributed by atoms with E-state index >= 15 is 0 Å². The van der Waals surface area contributed by atoms with Gasteiger partial charge in [-0.25, -0.2) is 0 Å². The molecule has 0 aromatic carbocycles. The van der Waals surface area contributed by atoms with Gasteiger partial charge >= 0.3 is 0 Å². The molecular weight excluding hydrogens is 274 g/mol. The zero-order chi connectivity index (χ0) is 14.6. The topological polar surface area (TPSA) is 106 Å². The Morgan fingerprint density at radius 3 is 2.53 bits per heavy atom. The van der Waals surface area contributed by atoms with Crippen LogP contribution in [0.3, 0.4) is 0 Å². The van der Waals surface area contributed by atoms with E-state index in [4.69, 9.17) is 9.29 Å². The first-order valence-electron chi connectivity index (χ1n) is 5.68. The van der Waals surface area contributed by atoms with Gasteiger partial charge < -0.3 is 9.84 Å². The third-order valence-corrected chi connectivity index (χ3v) is 3.35. The third-order valence-electron chi connectivity index (χ3n) is 2.70. The molecule has 1 aromatic rings. The fourth-order valence-electron chi connectivity index (χ4n) is 1.78. The Kier molecular flexibility index (Phi) is 5.10. The first-order valence-corrected chi connectivity index (χ1v) is 7.29. The Labute approximate surface area is 111 Å². The van der Waals surface area contributed by atoms with Crippen molar-refractivity contribution in [3.05, 3.63) is 27.5 Å². The van der Waals surface area contributed by atoms with Crippen molar-refractivity contribution in [1.29, 1.82) is 0 Å². The largest absolute Gasteiger partial charge is 0.494 e. The Balaban J connectivity index is 3.38. The number of rotatable bonds is 6. The standard InChI is InChI=1S/C11H17NO6S/c1-3-8-6-10(13)12(4-5-18-2)11(14)9(8)7-19(15,16)17/h6,13H,3-5,7H2,1-2H3,(H,15,16,17). The summed E-state index contributed by atoms with van der Waals surface area (Å²) < 4.78 is 36.6. The number of methoxy groups -OCH3 is 1. The fraction of sp³-hybridized carbons (Fsp3) is 0.545. The molecule has 0 unspecified atom stereocenters. The first kappa shape index (κ1) is 15.7. The van der Waals surface area contributed by atoms with Crippen LogP contribution in [0, 0.1) is 0 Å². The molecule has 0 aliphatic heterocycles. The number of hydrogen-bond donors (Lipinski definition) is 2. The Morgan fingerprint density at radius 1 is 1.42 bits per heavy atom. The van der Waals surface area contributed by atoms with E-state index in [9.17, 15) is 18.3 Å². The monoisotopic (exact) mass is 291 g/mol. The quantitative estimate of drug-likeness (QED) is 0.723. The van der Waals surface area contributed by atoms with Gasteiger partial charge in [0.1, 0.15) is 5.75 Å². The van der Waals surface area contributed by atoms with Crippen LogP contribution in [0.1, 0.15) is 18.1 Å². The van der Waals surface area contributed by atoms with Gasteiger partial charge in [-0.05, 0) is 12.0 Å². The van der Waals surface area contributed by atoms with E-state index in [0.717, 1.165) is 4.57 Å². The molecule has 8 heteroatoms. The average Bonchev–Trinajstić information content (AvgIpc) is 2.31. The number of aromatic hydroxyl groups is 1. The highest BCUT2D eigenvalue weighted by Gasteiger charge is 2.18. The van der Waals surface area contributed by atoms with E-state index in [0.29, 0.717) is 12.0 Å². The van der Waals surface area contributed by atoms with Crippen LogP contribution in [0.4, 0.5) is 0 Å². The molecule has 0 bridgehead atoms. The highest BCUT2D eigenvalue weighted by molar-refractivity contribution is 7.85. The normalized spacial score (nSPS) is 11.7. The van der Waals surface area contributed by atoms with Gasteiger partial charge in [-0.3, -0.25) is 13.9 Å². The van der Waals surface area contributed by atoms with Crippen LogP contribution < -0.4 is 5.56 Å². The minimum Gasteiger partial charge on any atom is -0.494 e. The van der Waals surface area contributed by atoms with E-state index in [-0.39, 0.29) is 24.6 Å². The van der Waals surface area contributed by atoms with Crippen LogP contribution in [0.2, 0.25) is 0 Å². The molecule has 0 spiro atoms. The molecule has 1 aromatic heterocycles. The maximum absolute atomic E-state index is 12.1. The predicted molar refractivity (Wildman–Crippen MR) is 68.9 cm³/mol. The van der Waals surface area contributed by atoms with Gasteiger partial charge in [0.15, 0.2) is 5.88 Å². The number of nitrogens with zero attached hydrogens (tertiary/aromatic N) is 1. The van der Waals surface area contributed by atoms with E-state index < -0.39 is 21.4 Å². The van der Waals surface area contributed by atoms with E-state index in [2.05, 4.69) is 0 Å². The van der Waals surface area contributed by atoms with E-state index in [1.807, 2.05) is 0 Å². The molecule has 19 heavy (non-hydrogen) atoms. The number of aryl methyl sites for hydroxylation is 1. The lowest BCUT2D eigenvalue weighted by molar-refractivity contribution is 0.182. The summed E-state index contributed by atoms with van der Waals surface area (Å²) in [5, 5.41) is 9.75. The zero-order valence-corrected chi connectivity index (χ0v) is 11.6. The SMILES string of the molecule is CCc1cc(O)n(CCOC)c(=O)c1CS(=O)(=O)O. The molecule has 1 heterocycles. The van der Waals surface area contributed by atoms with E-state index in [1.54, 1.807) is 6.92 Å². The Bertz CT molecular complexity index is 604. The molecule has 1 rings (SSSR count). The minimum absolute atomic E-state index is 0.0288. The lowest BCUT2D eigenvalue weighted by Gasteiger charge is -2.13. The molecule has 0 radical (unpaired) electrons. The third kappa shape index (κ3) is 4.05. The predicted octanol–water partition coefficient (Wildman–Crippen LogP) is 0.150. The van der Waals surface area contributed by atoms with Crippen molar-refractivity contribution in [2.45, 2.75) is 25.6 Å². The highest BCUT2D eigenvalue weighted by atomic mass is 32.2. The second kappa shape index (κ2) is 6.18. The Hall–Kier alpha value is -1.38. The lowest BCUT2D eigenvalue weighted by atomic mass is 10.1. The van der Waals surface area contributed by atoms with Crippen molar-refractivity contribution < 1.29 is 22.8 Å². The van der Waals surface area contributed by atoms with Crippen LogP contribution >= 0.6 is 0 Å². The summed E-state index contributed by atoms with van der Waals surface area (Å²) in [5.41, 5.74) is -0.265. The summed E-state index contributed by atoms with van der Waals surface area (Å²) in [5.74, 6) is -1.01. The molecule has 0 amide bonds. The molecule has 7 nitrogen and oxygen atoms in total. The number of pyridine rings is 1. The minimum atomic E-state index is -4.31. The zero-order valence-electron chi connectivity index (χ0n) is 10.8. The molecule has 0 aliphatic rings. The summed E-state index contributed by atoms with van der Waals surface area (Å²) >= 11 is 0. The molecule has 0 atom stereocenters. The summed E-state index contributed by atoms with van der Waals surface area (Å²) in [6, 6.07) is 1.33. The smallest absolute Gasteiger partial charge is 0.269 e. The van der Waals surface area contributed by atoms with Crippen molar-refractivity contribution in [1.82, 2.24) is 4.57 Å². The van der Waals surface area contributed by atoms with Gasteiger partial charge in [-0.15, -0.1) is 0 Å². The van der Waals surface area contributed by atoms with Crippen LogP contribution in [0.15, 0.2) is 10.9 Å². The second-order valence-corrected chi connectivity index (χ2v) is 5.49. The summed E-state index contributed by atoms with van der Waals surface area (Å²) in [4.78, 5) is 12.1. The molecular formula is C11H17NO6S. The Morgan fingerprint density at radius 2 is 2.05 bits per heavy atom. The second-order valence-electron chi connectivity index (χ2n) is 4.04. The first-order chi connectivity index (χ1) is 8.80. The summed E-state index contributed by atoms with van der Waals surface area (Å²) in [7, 11) is -2.86. The number of hydrogen-bond acceptors (Lipinski definition) is 5. The summed E-state index contributed by atoms with van der Waals surface area (Å²) in [6.45, 7) is 2.02.